The largest absolute Gasteiger partial charge is 0.508 e. The van der Waals surface area contributed by atoms with Crippen LogP contribution in [0.1, 0.15) is 6.92 Å². The Morgan fingerprint density at radius 1 is 1.58 bits per heavy atom. The number of phenolic OH excluding ortho intramolecular Hbond substituents is 1. The minimum absolute atomic E-state index is 0.162. The number of carbonyl (C=O) groups is 1. The van der Waals surface area contributed by atoms with Crippen LogP contribution < -0.4 is 4.74 Å². The Labute approximate surface area is 83.5 Å². The summed E-state index contributed by atoms with van der Waals surface area (Å²) in [5.74, 6) is 0.273. The summed E-state index contributed by atoms with van der Waals surface area (Å²) < 4.78 is 5.55. The first kappa shape index (κ1) is 9.31. The Kier molecular flexibility index (Phi) is 2.91. The highest BCUT2D eigenvalue weighted by molar-refractivity contribution is 14.1. The third-order valence-corrected chi connectivity index (χ3v) is 2.01. The van der Waals surface area contributed by atoms with Gasteiger partial charge in [0, 0.05) is 6.92 Å². The smallest absolute Gasteiger partial charge is 0.308 e. The molecule has 4 heteroatoms. The summed E-state index contributed by atoms with van der Waals surface area (Å²) in [5.41, 5.74) is 0. The molecule has 0 aliphatic rings. The van der Waals surface area contributed by atoms with E-state index in [0.29, 0.717) is 9.32 Å². The molecule has 0 radical (unpaired) electrons. The van der Waals surface area contributed by atoms with Gasteiger partial charge in [0.05, 0.1) is 3.57 Å². The van der Waals surface area contributed by atoms with Crippen molar-refractivity contribution in [1.29, 1.82) is 0 Å². The normalized spacial score (nSPS) is 9.50. The zero-order chi connectivity index (χ0) is 9.14. The van der Waals surface area contributed by atoms with Crippen LogP contribution in [0.2, 0.25) is 0 Å². The lowest BCUT2D eigenvalue weighted by atomic mass is 10.3. The number of benzene rings is 1. The van der Waals surface area contributed by atoms with E-state index < -0.39 is 0 Å². The molecule has 0 aliphatic carbocycles. The van der Waals surface area contributed by atoms with E-state index in [-0.39, 0.29) is 11.7 Å². The molecule has 0 unspecified atom stereocenters. The number of aromatic hydroxyl groups is 1. The van der Waals surface area contributed by atoms with E-state index in [9.17, 15) is 4.79 Å². The van der Waals surface area contributed by atoms with Crippen molar-refractivity contribution in [2.24, 2.45) is 0 Å². The molecule has 0 saturated carbocycles. The van der Waals surface area contributed by atoms with Crippen molar-refractivity contribution in [3.63, 3.8) is 0 Å². The van der Waals surface area contributed by atoms with Gasteiger partial charge in [-0.1, -0.05) is 0 Å². The number of phenols is 1. The molecule has 0 heterocycles. The summed E-state index contributed by atoms with van der Waals surface area (Å²) in [4.78, 5) is 10.6. The van der Waals surface area contributed by atoms with Crippen LogP contribution in [0.5, 0.6) is 11.5 Å². The first-order chi connectivity index (χ1) is 5.59. The van der Waals surface area contributed by atoms with Gasteiger partial charge in [-0.3, -0.25) is 4.79 Å². The van der Waals surface area contributed by atoms with Crippen LogP contribution >= 0.6 is 22.6 Å². The minimum atomic E-state index is -0.362. The summed E-state index contributed by atoms with van der Waals surface area (Å²) in [6, 6.07) is 4.55. The molecule has 0 aromatic heterocycles. The van der Waals surface area contributed by atoms with E-state index in [2.05, 4.69) is 0 Å². The fourth-order valence-electron chi connectivity index (χ4n) is 0.727. The Bertz CT molecular complexity index is 309. The van der Waals surface area contributed by atoms with Crippen molar-refractivity contribution < 1.29 is 14.6 Å². The second-order valence-electron chi connectivity index (χ2n) is 2.21. The van der Waals surface area contributed by atoms with Gasteiger partial charge >= 0.3 is 5.97 Å². The molecule has 1 N–H and O–H groups in total. The van der Waals surface area contributed by atoms with Gasteiger partial charge in [0.25, 0.3) is 0 Å². The zero-order valence-electron chi connectivity index (χ0n) is 6.37. The average molecular weight is 278 g/mol. The highest BCUT2D eigenvalue weighted by Gasteiger charge is 2.03. The van der Waals surface area contributed by atoms with Crippen molar-refractivity contribution >= 4 is 28.6 Å². The number of hydrogen-bond donors (Lipinski definition) is 1. The summed E-state index contributed by atoms with van der Waals surface area (Å²) in [6.07, 6.45) is 0. The molecule has 1 aromatic carbocycles. The number of esters is 1. The SMILES string of the molecule is CC(=O)Oc1ccc(O)cc1I. The highest BCUT2D eigenvalue weighted by atomic mass is 127. The van der Waals surface area contributed by atoms with E-state index in [1.807, 2.05) is 22.6 Å². The zero-order valence-corrected chi connectivity index (χ0v) is 8.53. The van der Waals surface area contributed by atoms with Gasteiger partial charge in [0.2, 0.25) is 0 Å². The maximum atomic E-state index is 10.6. The summed E-state index contributed by atoms with van der Waals surface area (Å²) >= 11 is 1.98. The van der Waals surface area contributed by atoms with Crippen molar-refractivity contribution in [3.05, 3.63) is 21.8 Å². The van der Waals surface area contributed by atoms with Crippen molar-refractivity contribution in [3.8, 4) is 11.5 Å². The number of carbonyl (C=O) groups excluding carboxylic acids is 1. The van der Waals surface area contributed by atoms with Crippen LogP contribution in [0.4, 0.5) is 0 Å². The van der Waals surface area contributed by atoms with Crippen LogP contribution in [0.15, 0.2) is 18.2 Å². The van der Waals surface area contributed by atoms with E-state index in [0.717, 1.165) is 0 Å². The number of rotatable bonds is 1. The van der Waals surface area contributed by atoms with Gasteiger partial charge in [-0.05, 0) is 40.8 Å². The second-order valence-corrected chi connectivity index (χ2v) is 3.37. The van der Waals surface area contributed by atoms with E-state index in [4.69, 9.17) is 9.84 Å². The van der Waals surface area contributed by atoms with Crippen molar-refractivity contribution in [2.45, 2.75) is 6.92 Å². The predicted octanol–water partition coefficient (Wildman–Crippen LogP) is 1.92. The third-order valence-electron chi connectivity index (χ3n) is 1.17. The molecule has 0 fully saturated rings. The molecule has 0 spiro atoms. The van der Waals surface area contributed by atoms with Crippen LogP contribution in [0.25, 0.3) is 0 Å². The molecule has 0 atom stereocenters. The van der Waals surface area contributed by atoms with Gasteiger partial charge in [-0.2, -0.15) is 0 Å². The maximum Gasteiger partial charge on any atom is 0.308 e. The predicted molar refractivity (Wildman–Crippen MR) is 52.1 cm³/mol. The molecular weight excluding hydrogens is 271 g/mol. The van der Waals surface area contributed by atoms with Crippen LogP contribution in [0.3, 0.4) is 0 Å². The number of halogens is 1. The lowest BCUT2D eigenvalue weighted by Crippen LogP contribution is -2.02. The van der Waals surface area contributed by atoms with Crippen LogP contribution in [0, 0.1) is 3.57 Å². The van der Waals surface area contributed by atoms with E-state index >= 15 is 0 Å². The van der Waals surface area contributed by atoms with E-state index in [1.54, 1.807) is 6.07 Å². The maximum absolute atomic E-state index is 10.6. The standard InChI is InChI=1S/C8H7IO3/c1-5(10)12-8-3-2-6(11)4-7(8)9/h2-4,11H,1H3. The second kappa shape index (κ2) is 3.75. The molecule has 0 bridgehead atoms. The molecule has 64 valence electrons. The summed E-state index contributed by atoms with van der Waals surface area (Å²) in [6.45, 7) is 1.34. The highest BCUT2D eigenvalue weighted by Crippen LogP contribution is 2.24. The molecule has 12 heavy (non-hydrogen) atoms. The van der Waals surface area contributed by atoms with Gasteiger partial charge < -0.3 is 9.84 Å². The van der Waals surface area contributed by atoms with Crippen LogP contribution in [-0.4, -0.2) is 11.1 Å². The Morgan fingerprint density at radius 3 is 2.75 bits per heavy atom. The number of ether oxygens (including phenoxy) is 1. The molecule has 0 saturated heterocycles. The van der Waals surface area contributed by atoms with Gasteiger partial charge in [-0.15, -0.1) is 0 Å². The first-order valence-corrected chi connectivity index (χ1v) is 4.34. The lowest BCUT2D eigenvalue weighted by molar-refractivity contribution is -0.131. The molecule has 1 aromatic rings. The fourth-order valence-corrected chi connectivity index (χ4v) is 1.34. The Morgan fingerprint density at radius 2 is 2.25 bits per heavy atom. The molecule has 0 amide bonds. The fraction of sp³-hybridized carbons (Fsp3) is 0.125. The molecule has 1 rings (SSSR count). The van der Waals surface area contributed by atoms with Crippen molar-refractivity contribution in [2.75, 3.05) is 0 Å². The molecular formula is C8H7IO3. The van der Waals surface area contributed by atoms with Gasteiger partial charge in [0.1, 0.15) is 11.5 Å². The van der Waals surface area contributed by atoms with Gasteiger partial charge in [-0.25, -0.2) is 0 Å². The average Bonchev–Trinajstić information content (AvgIpc) is 1.94. The summed E-state index contributed by atoms with van der Waals surface area (Å²) in [5, 5.41) is 9.03. The monoisotopic (exact) mass is 278 g/mol. The van der Waals surface area contributed by atoms with Crippen molar-refractivity contribution in [1.82, 2.24) is 0 Å². The quantitative estimate of drug-likeness (QED) is 0.485. The third kappa shape index (κ3) is 2.37. The lowest BCUT2D eigenvalue weighted by Gasteiger charge is -2.03. The minimum Gasteiger partial charge on any atom is -0.508 e. The molecule has 0 aliphatic heterocycles. The topological polar surface area (TPSA) is 46.5 Å². The van der Waals surface area contributed by atoms with Gasteiger partial charge in [0.15, 0.2) is 0 Å². The number of hydrogen-bond acceptors (Lipinski definition) is 3. The molecule has 3 nitrogen and oxygen atoms in total. The van der Waals surface area contributed by atoms with Crippen LogP contribution in [-0.2, 0) is 4.79 Å². The Balaban J connectivity index is 2.93. The van der Waals surface area contributed by atoms with E-state index in [1.165, 1.54) is 19.1 Å². The summed E-state index contributed by atoms with van der Waals surface area (Å²) in [7, 11) is 0. The first-order valence-electron chi connectivity index (χ1n) is 3.26. The Hall–Kier alpha value is -0.780.